The minimum Gasteiger partial charge on any atom is -0.462 e. The minimum atomic E-state index is -0.786. The van der Waals surface area contributed by atoms with Crippen LogP contribution in [-0.4, -0.2) is 37.2 Å². The molecule has 0 spiro atoms. The summed E-state index contributed by atoms with van der Waals surface area (Å²) in [6.07, 6.45) is 92.3. The van der Waals surface area contributed by atoms with E-state index in [9.17, 15) is 14.4 Å². The van der Waals surface area contributed by atoms with Crippen molar-refractivity contribution in [2.45, 2.75) is 309 Å². The molecule has 0 aliphatic rings. The van der Waals surface area contributed by atoms with E-state index < -0.39 is 6.10 Å². The molecule has 0 aromatic rings. The predicted molar refractivity (Wildman–Crippen MR) is 343 cm³/mol. The van der Waals surface area contributed by atoms with Crippen LogP contribution in [0.3, 0.4) is 0 Å². The Morgan fingerprint density at radius 3 is 0.772 bits per heavy atom. The van der Waals surface area contributed by atoms with E-state index in [2.05, 4.69) is 142 Å². The van der Waals surface area contributed by atoms with E-state index in [1.165, 1.54) is 135 Å². The van der Waals surface area contributed by atoms with Gasteiger partial charge in [0, 0.05) is 19.3 Å². The maximum Gasteiger partial charge on any atom is 0.306 e. The molecule has 6 nitrogen and oxygen atoms in total. The SMILES string of the molecule is CC/C=C\C/C=C\C/C=C\C/C=C\C/C=C\C/C=C\C/C=C\C/C=C\CCCCCCCCC(=O)OCC(COC(=O)CCCCCCCCC)OC(=O)CCCCCCCCCCCCC/C=C\C/C=C\CCCCCCC. The minimum absolute atomic E-state index is 0.0838. The number of carbonyl (C=O) groups is 3. The smallest absolute Gasteiger partial charge is 0.306 e. The molecule has 0 rings (SSSR count). The number of hydrogen-bond donors (Lipinski definition) is 0. The molecule has 0 N–H and O–H groups in total. The molecule has 0 bridgehead atoms. The summed E-state index contributed by atoms with van der Waals surface area (Å²) in [6.45, 7) is 6.47. The van der Waals surface area contributed by atoms with E-state index in [0.29, 0.717) is 19.3 Å². The Kier molecular flexibility index (Phi) is 62.8. The molecular formula is C73H122O6. The number of carbonyl (C=O) groups excluding carboxylic acids is 3. The zero-order valence-corrected chi connectivity index (χ0v) is 51.6. The van der Waals surface area contributed by atoms with Gasteiger partial charge in [-0.3, -0.25) is 14.4 Å². The molecule has 0 fully saturated rings. The van der Waals surface area contributed by atoms with Gasteiger partial charge in [0.2, 0.25) is 0 Å². The first-order chi connectivity index (χ1) is 39.0. The Hall–Kier alpha value is -4.19. The summed E-state index contributed by atoms with van der Waals surface area (Å²) in [7, 11) is 0. The molecule has 6 heteroatoms. The van der Waals surface area contributed by atoms with Crippen LogP contribution in [0.2, 0.25) is 0 Å². The van der Waals surface area contributed by atoms with Crippen LogP contribution < -0.4 is 0 Å². The normalized spacial score (nSPS) is 12.9. The molecule has 1 unspecified atom stereocenters. The van der Waals surface area contributed by atoms with E-state index >= 15 is 0 Å². The molecule has 0 radical (unpaired) electrons. The summed E-state index contributed by atoms with van der Waals surface area (Å²) in [4.78, 5) is 38.1. The van der Waals surface area contributed by atoms with Gasteiger partial charge < -0.3 is 14.2 Å². The second kappa shape index (κ2) is 66.3. The Bertz CT molecular complexity index is 1640. The van der Waals surface area contributed by atoms with Gasteiger partial charge in [0.15, 0.2) is 6.10 Å². The molecule has 0 saturated carbocycles. The molecule has 1 atom stereocenters. The number of rotatable bonds is 59. The second-order valence-corrected chi connectivity index (χ2v) is 21.6. The molecule has 0 aliphatic heterocycles. The van der Waals surface area contributed by atoms with Crippen LogP contribution in [-0.2, 0) is 28.6 Å². The van der Waals surface area contributed by atoms with Crippen molar-refractivity contribution < 1.29 is 28.6 Å². The van der Waals surface area contributed by atoms with Gasteiger partial charge in [-0.05, 0) is 116 Å². The molecule has 0 amide bonds. The third kappa shape index (κ3) is 64.5. The highest BCUT2D eigenvalue weighted by atomic mass is 16.6. The zero-order chi connectivity index (χ0) is 57.1. The van der Waals surface area contributed by atoms with Crippen molar-refractivity contribution in [3.8, 4) is 0 Å². The van der Waals surface area contributed by atoms with Crippen molar-refractivity contribution in [1.29, 1.82) is 0 Å². The second-order valence-electron chi connectivity index (χ2n) is 21.6. The first-order valence-electron chi connectivity index (χ1n) is 33.0. The van der Waals surface area contributed by atoms with Crippen molar-refractivity contribution in [2.75, 3.05) is 13.2 Å². The fraction of sp³-hybridized carbons (Fsp3) is 0.685. The number of hydrogen-bond acceptors (Lipinski definition) is 6. The van der Waals surface area contributed by atoms with Gasteiger partial charge in [-0.1, -0.05) is 290 Å². The molecule has 0 aromatic heterocycles. The van der Waals surface area contributed by atoms with Gasteiger partial charge in [0.25, 0.3) is 0 Å². The standard InChI is InChI=1S/C73H122O6/c1-4-7-10-13-16-18-20-22-24-26-28-30-32-33-34-35-36-37-38-39-41-42-44-46-48-50-52-54-57-60-63-66-72(75)78-69-70(68-77-71(74)65-62-59-56-15-12-9-6-3)79-73(76)67-64-61-58-55-53-51-49-47-45-43-40-31-29-27-25-23-21-19-17-14-11-8-5-2/h7,10,16,18,21-24,27-30,33-34,36-37,39,41,44,46,70H,4-6,8-9,11-15,17,19-20,25-26,31-32,35,38,40,42-43,45,47-69H2,1-3H3/b10-7-,18-16-,23-21-,24-22-,29-27-,30-28-,34-33-,37-36-,41-39-,46-44-. The summed E-state index contributed by atoms with van der Waals surface area (Å²) in [5.41, 5.74) is 0. The van der Waals surface area contributed by atoms with Crippen LogP contribution in [0, 0.1) is 0 Å². The van der Waals surface area contributed by atoms with Crippen LogP contribution in [0.4, 0.5) is 0 Å². The maximum absolute atomic E-state index is 12.9. The fourth-order valence-corrected chi connectivity index (χ4v) is 9.02. The van der Waals surface area contributed by atoms with Gasteiger partial charge >= 0.3 is 17.9 Å². The highest BCUT2D eigenvalue weighted by Crippen LogP contribution is 2.16. The summed E-state index contributed by atoms with van der Waals surface area (Å²) in [6, 6.07) is 0. The Balaban J connectivity index is 4.19. The van der Waals surface area contributed by atoms with Gasteiger partial charge in [-0.2, -0.15) is 0 Å². The zero-order valence-electron chi connectivity index (χ0n) is 51.6. The van der Waals surface area contributed by atoms with Crippen molar-refractivity contribution >= 4 is 17.9 Å². The average Bonchev–Trinajstić information content (AvgIpc) is 3.45. The van der Waals surface area contributed by atoms with Crippen LogP contribution >= 0.6 is 0 Å². The van der Waals surface area contributed by atoms with Crippen molar-refractivity contribution in [3.63, 3.8) is 0 Å². The third-order valence-corrected chi connectivity index (χ3v) is 14.0. The van der Waals surface area contributed by atoms with E-state index in [1.54, 1.807) is 0 Å². The molecule has 0 heterocycles. The summed E-state index contributed by atoms with van der Waals surface area (Å²) < 4.78 is 16.8. The van der Waals surface area contributed by atoms with E-state index in [1.807, 2.05) is 0 Å². The van der Waals surface area contributed by atoms with Gasteiger partial charge in [0.05, 0.1) is 0 Å². The molecular weight excluding hydrogens is 973 g/mol. The predicted octanol–water partition coefficient (Wildman–Crippen LogP) is 22.8. The van der Waals surface area contributed by atoms with Crippen molar-refractivity contribution in [3.05, 3.63) is 122 Å². The van der Waals surface area contributed by atoms with Crippen molar-refractivity contribution in [1.82, 2.24) is 0 Å². The van der Waals surface area contributed by atoms with Crippen molar-refractivity contribution in [2.24, 2.45) is 0 Å². The highest BCUT2D eigenvalue weighted by molar-refractivity contribution is 5.71. The number of unbranched alkanes of at least 4 members (excludes halogenated alkanes) is 28. The van der Waals surface area contributed by atoms with Crippen LogP contribution in [0.25, 0.3) is 0 Å². The molecule has 0 saturated heterocycles. The Morgan fingerprint density at radius 2 is 0.494 bits per heavy atom. The van der Waals surface area contributed by atoms with Gasteiger partial charge in [-0.25, -0.2) is 0 Å². The lowest BCUT2D eigenvalue weighted by atomic mass is 10.0. The highest BCUT2D eigenvalue weighted by Gasteiger charge is 2.19. The Labute approximate surface area is 488 Å². The van der Waals surface area contributed by atoms with E-state index in [0.717, 1.165) is 128 Å². The molecule has 79 heavy (non-hydrogen) atoms. The number of ether oxygens (including phenoxy) is 3. The lowest BCUT2D eigenvalue weighted by Crippen LogP contribution is -2.30. The topological polar surface area (TPSA) is 78.9 Å². The summed E-state index contributed by atoms with van der Waals surface area (Å²) >= 11 is 0. The lowest BCUT2D eigenvalue weighted by molar-refractivity contribution is -0.167. The van der Waals surface area contributed by atoms with Crippen LogP contribution in [0.15, 0.2) is 122 Å². The van der Waals surface area contributed by atoms with Crippen LogP contribution in [0.5, 0.6) is 0 Å². The lowest BCUT2D eigenvalue weighted by Gasteiger charge is -2.18. The fourth-order valence-electron chi connectivity index (χ4n) is 9.02. The molecule has 0 aliphatic carbocycles. The van der Waals surface area contributed by atoms with Gasteiger partial charge in [-0.15, -0.1) is 0 Å². The quantitative estimate of drug-likeness (QED) is 0.0261. The average molecular weight is 1100 g/mol. The third-order valence-electron chi connectivity index (χ3n) is 14.0. The Morgan fingerprint density at radius 1 is 0.266 bits per heavy atom. The molecule has 450 valence electrons. The largest absolute Gasteiger partial charge is 0.462 e. The van der Waals surface area contributed by atoms with E-state index in [4.69, 9.17) is 14.2 Å². The van der Waals surface area contributed by atoms with Gasteiger partial charge in [0.1, 0.15) is 13.2 Å². The number of allylic oxidation sites excluding steroid dienone is 20. The number of esters is 3. The summed E-state index contributed by atoms with van der Waals surface area (Å²) in [5, 5.41) is 0. The molecule has 0 aromatic carbocycles. The van der Waals surface area contributed by atoms with Crippen LogP contribution in [0.1, 0.15) is 303 Å². The monoisotopic (exact) mass is 1090 g/mol. The maximum atomic E-state index is 12.9. The first kappa shape index (κ1) is 74.8. The summed E-state index contributed by atoms with van der Waals surface area (Å²) in [5.74, 6) is -0.903. The first-order valence-corrected chi connectivity index (χ1v) is 33.0. The van der Waals surface area contributed by atoms with E-state index in [-0.39, 0.29) is 31.1 Å².